The second kappa shape index (κ2) is 4.83. The minimum atomic E-state index is 0.412. The molecule has 3 unspecified atom stereocenters. The van der Waals surface area contributed by atoms with Gasteiger partial charge in [0.05, 0.1) is 12.2 Å². The molecule has 0 heterocycles. The minimum absolute atomic E-state index is 0.412. The Hall–Kier alpha value is -0.0800. The molecule has 1 aliphatic carbocycles. The van der Waals surface area contributed by atoms with Gasteiger partial charge in [-0.25, -0.2) is 0 Å². The Labute approximate surface area is 75.2 Å². The summed E-state index contributed by atoms with van der Waals surface area (Å²) >= 11 is 0. The lowest BCUT2D eigenvalue weighted by molar-refractivity contribution is -0.0688. The van der Waals surface area contributed by atoms with Gasteiger partial charge in [0.25, 0.3) is 0 Å². The topological polar surface area (TPSA) is 18.5 Å². The summed E-state index contributed by atoms with van der Waals surface area (Å²) in [7, 11) is 1.80. The van der Waals surface area contributed by atoms with Crippen molar-refractivity contribution < 1.29 is 9.47 Å². The normalized spacial score (nSPS) is 36.8. The molecule has 0 aromatic rings. The van der Waals surface area contributed by atoms with E-state index in [9.17, 15) is 0 Å². The Bertz CT molecular complexity index is 123. The van der Waals surface area contributed by atoms with E-state index < -0.39 is 0 Å². The van der Waals surface area contributed by atoms with Crippen molar-refractivity contribution in [1.82, 2.24) is 0 Å². The van der Waals surface area contributed by atoms with Crippen LogP contribution >= 0.6 is 0 Å². The molecule has 0 saturated heterocycles. The van der Waals surface area contributed by atoms with Gasteiger partial charge in [-0.3, -0.25) is 0 Å². The monoisotopic (exact) mass is 172 g/mol. The van der Waals surface area contributed by atoms with Crippen molar-refractivity contribution in [2.75, 3.05) is 13.7 Å². The fourth-order valence-corrected chi connectivity index (χ4v) is 2.07. The van der Waals surface area contributed by atoms with Gasteiger partial charge in [-0.2, -0.15) is 0 Å². The highest BCUT2D eigenvalue weighted by Crippen LogP contribution is 2.28. The zero-order valence-corrected chi connectivity index (χ0v) is 8.38. The van der Waals surface area contributed by atoms with E-state index in [1.165, 1.54) is 19.3 Å². The molecule has 0 amide bonds. The van der Waals surface area contributed by atoms with E-state index in [0.29, 0.717) is 18.1 Å². The molecule has 0 spiro atoms. The Morgan fingerprint density at radius 1 is 1.25 bits per heavy atom. The number of ether oxygens (including phenoxy) is 2. The second-order valence-electron chi connectivity index (χ2n) is 3.56. The third kappa shape index (κ3) is 2.20. The molecule has 12 heavy (non-hydrogen) atoms. The van der Waals surface area contributed by atoms with Gasteiger partial charge in [-0.1, -0.05) is 6.92 Å². The third-order valence-electron chi connectivity index (χ3n) is 2.83. The lowest BCUT2D eigenvalue weighted by Gasteiger charge is -2.34. The average Bonchev–Trinajstić information content (AvgIpc) is 2.09. The number of hydrogen-bond acceptors (Lipinski definition) is 2. The van der Waals surface area contributed by atoms with Crippen LogP contribution in [0.2, 0.25) is 0 Å². The molecule has 2 nitrogen and oxygen atoms in total. The molecular formula is C10H20O2. The van der Waals surface area contributed by atoms with E-state index >= 15 is 0 Å². The van der Waals surface area contributed by atoms with Gasteiger partial charge in [0.2, 0.25) is 0 Å². The van der Waals surface area contributed by atoms with Crippen LogP contribution in [0, 0.1) is 5.92 Å². The van der Waals surface area contributed by atoms with E-state index in [1.54, 1.807) is 7.11 Å². The molecule has 0 aliphatic heterocycles. The van der Waals surface area contributed by atoms with Crippen molar-refractivity contribution in [3.63, 3.8) is 0 Å². The smallest absolute Gasteiger partial charge is 0.0625 e. The maximum Gasteiger partial charge on any atom is 0.0625 e. The largest absolute Gasteiger partial charge is 0.381 e. The molecule has 0 aromatic heterocycles. The van der Waals surface area contributed by atoms with Crippen molar-refractivity contribution in [1.29, 1.82) is 0 Å². The molecule has 1 fully saturated rings. The van der Waals surface area contributed by atoms with Gasteiger partial charge in [0.1, 0.15) is 0 Å². The Kier molecular flexibility index (Phi) is 4.02. The number of hydrogen-bond donors (Lipinski definition) is 0. The summed E-state index contributed by atoms with van der Waals surface area (Å²) in [4.78, 5) is 0. The predicted molar refractivity (Wildman–Crippen MR) is 49.2 cm³/mol. The van der Waals surface area contributed by atoms with Crippen LogP contribution in [0.25, 0.3) is 0 Å². The highest BCUT2D eigenvalue weighted by Gasteiger charge is 2.29. The second-order valence-corrected chi connectivity index (χ2v) is 3.56. The van der Waals surface area contributed by atoms with Crippen molar-refractivity contribution in [3.05, 3.63) is 0 Å². The van der Waals surface area contributed by atoms with E-state index in [0.717, 1.165) is 6.61 Å². The lowest BCUT2D eigenvalue weighted by atomic mass is 9.85. The van der Waals surface area contributed by atoms with Gasteiger partial charge in [0.15, 0.2) is 0 Å². The summed E-state index contributed by atoms with van der Waals surface area (Å²) in [6.45, 7) is 5.11. The van der Waals surface area contributed by atoms with Gasteiger partial charge in [-0.05, 0) is 26.2 Å². The summed E-state index contributed by atoms with van der Waals surface area (Å²) in [6.07, 6.45) is 4.48. The van der Waals surface area contributed by atoms with E-state index in [4.69, 9.17) is 9.47 Å². The van der Waals surface area contributed by atoms with Crippen molar-refractivity contribution >= 4 is 0 Å². The van der Waals surface area contributed by atoms with E-state index in [-0.39, 0.29) is 0 Å². The van der Waals surface area contributed by atoms with Crippen LogP contribution in [0.5, 0.6) is 0 Å². The third-order valence-corrected chi connectivity index (χ3v) is 2.83. The number of rotatable bonds is 3. The Morgan fingerprint density at radius 3 is 2.50 bits per heavy atom. The first-order valence-electron chi connectivity index (χ1n) is 4.94. The van der Waals surface area contributed by atoms with Crippen molar-refractivity contribution in [2.24, 2.45) is 5.92 Å². The first-order valence-corrected chi connectivity index (χ1v) is 4.94. The maximum absolute atomic E-state index is 5.65. The van der Waals surface area contributed by atoms with Gasteiger partial charge in [-0.15, -0.1) is 0 Å². The minimum Gasteiger partial charge on any atom is -0.381 e. The summed E-state index contributed by atoms with van der Waals surface area (Å²) in [5, 5.41) is 0. The average molecular weight is 172 g/mol. The fraction of sp³-hybridized carbons (Fsp3) is 1.00. The van der Waals surface area contributed by atoms with E-state index in [1.807, 2.05) is 0 Å². The summed E-state index contributed by atoms with van der Waals surface area (Å²) in [5.74, 6) is 0.559. The zero-order chi connectivity index (χ0) is 8.97. The van der Waals surface area contributed by atoms with Crippen molar-refractivity contribution in [3.8, 4) is 0 Å². The van der Waals surface area contributed by atoms with Gasteiger partial charge in [0, 0.05) is 19.6 Å². The van der Waals surface area contributed by atoms with Crippen LogP contribution in [0.4, 0.5) is 0 Å². The number of methoxy groups -OCH3 is 1. The first-order chi connectivity index (χ1) is 5.79. The molecule has 1 rings (SSSR count). The molecule has 0 N–H and O–H groups in total. The molecular weight excluding hydrogens is 152 g/mol. The van der Waals surface area contributed by atoms with Crippen LogP contribution in [-0.4, -0.2) is 25.9 Å². The van der Waals surface area contributed by atoms with Crippen LogP contribution in [0.15, 0.2) is 0 Å². The quantitative estimate of drug-likeness (QED) is 0.650. The van der Waals surface area contributed by atoms with Gasteiger partial charge < -0.3 is 9.47 Å². The predicted octanol–water partition coefficient (Wildman–Crippen LogP) is 2.23. The summed E-state index contributed by atoms with van der Waals surface area (Å²) in [6, 6.07) is 0. The fourth-order valence-electron chi connectivity index (χ4n) is 2.07. The lowest BCUT2D eigenvalue weighted by Crippen LogP contribution is -2.37. The zero-order valence-electron chi connectivity index (χ0n) is 8.38. The summed E-state index contributed by atoms with van der Waals surface area (Å²) in [5.41, 5.74) is 0. The maximum atomic E-state index is 5.65. The molecule has 1 aliphatic rings. The van der Waals surface area contributed by atoms with Crippen LogP contribution in [0.3, 0.4) is 0 Å². The molecule has 0 aromatic carbocycles. The molecule has 0 radical (unpaired) electrons. The van der Waals surface area contributed by atoms with Crippen LogP contribution < -0.4 is 0 Å². The van der Waals surface area contributed by atoms with Crippen LogP contribution in [-0.2, 0) is 9.47 Å². The molecule has 72 valence electrons. The van der Waals surface area contributed by atoms with Gasteiger partial charge >= 0.3 is 0 Å². The SMILES string of the molecule is CCOC1CCCC(OC)C1C. The molecule has 1 saturated carbocycles. The molecule has 3 atom stereocenters. The first kappa shape index (κ1) is 10.0. The standard InChI is InChI=1S/C10H20O2/c1-4-12-10-7-5-6-9(11-3)8(10)2/h8-10H,4-7H2,1-3H3. The highest BCUT2D eigenvalue weighted by molar-refractivity contribution is 4.80. The summed E-state index contributed by atoms with van der Waals surface area (Å²) < 4.78 is 11.0. The Balaban J connectivity index is 2.41. The van der Waals surface area contributed by atoms with E-state index in [2.05, 4.69) is 13.8 Å². The Morgan fingerprint density at radius 2 is 1.92 bits per heavy atom. The highest BCUT2D eigenvalue weighted by atomic mass is 16.5. The van der Waals surface area contributed by atoms with Crippen molar-refractivity contribution in [2.45, 2.75) is 45.3 Å². The molecule has 0 bridgehead atoms. The van der Waals surface area contributed by atoms with Crippen LogP contribution in [0.1, 0.15) is 33.1 Å². The molecule has 2 heteroatoms.